The molecule has 1 aromatic carbocycles. The Hall–Kier alpha value is -1.33. The molecule has 0 atom stereocenters. The third-order valence-electron chi connectivity index (χ3n) is 4.06. The predicted molar refractivity (Wildman–Crippen MR) is 78.4 cm³/mol. The van der Waals surface area contributed by atoms with Gasteiger partial charge < -0.3 is 4.90 Å². The quantitative estimate of drug-likeness (QED) is 0.780. The van der Waals surface area contributed by atoms with Crippen molar-refractivity contribution in [3.8, 4) is 0 Å². The first-order valence-corrected chi connectivity index (χ1v) is 7.31. The molecule has 0 aliphatic carbocycles. The lowest BCUT2D eigenvalue weighted by Crippen LogP contribution is -2.37. The van der Waals surface area contributed by atoms with Gasteiger partial charge >= 0.3 is 0 Å². The summed E-state index contributed by atoms with van der Waals surface area (Å²) in [5.41, 5.74) is -0.423. The number of piperidine rings is 1. The zero-order chi connectivity index (χ0) is 15.4. The summed E-state index contributed by atoms with van der Waals surface area (Å²) >= 11 is 0. The third-order valence-corrected chi connectivity index (χ3v) is 4.06. The summed E-state index contributed by atoms with van der Waals surface area (Å²) in [4.78, 5) is 16.2. The van der Waals surface area contributed by atoms with Crippen LogP contribution in [0.2, 0.25) is 0 Å². The molecule has 1 aromatic rings. The maximum absolute atomic E-state index is 13.6. The molecule has 2 rings (SSSR count). The molecule has 0 saturated carbocycles. The predicted octanol–water partition coefficient (Wildman–Crippen LogP) is 2.42. The van der Waals surface area contributed by atoms with E-state index in [0.717, 1.165) is 44.6 Å². The Morgan fingerprint density at radius 1 is 1.29 bits per heavy atom. The molecular formula is C16H22F2N2O. The molecule has 0 aromatic heterocycles. The lowest BCUT2D eigenvalue weighted by atomic mass is 9.96. The highest BCUT2D eigenvalue weighted by molar-refractivity contribution is 5.98. The van der Waals surface area contributed by atoms with E-state index in [-0.39, 0.29) is 6.54 Å². The second kappa shape index (κ2) is 7.09. The van der Waals surface area contributed by atoms with E-state index in [4.69, 9.17) is 0 Å². The van der Waals surface area contributed by atoms with Gasteiger partial charge in [-0.25, -0.2) is 8.78 Å². The normalized spacial score (nSPS) is 17.4. The van der Waals surface area contributed by atoms with Gasteiger partial charge in [0, 0.05) is 6.54 Å². The van der Waals surface area contributed by atoms with Gasteiger partial charge in [-0.1, -0.05) is 6.07 Å². The SMILES string of the molecule is CN1CCC(CN(C)CC(=O)c2c(F)cccc2F)CC1. The van der Waals surface area contributed by atoms with Gasteiger partial charge in [-0.05, 0) is 58.1 Å². The number of Topliss-reactive ketones (excluding diaryl/α,β-unsaturated/α-hetero) is 1. The van der Waals surface area contributed by atoms with E-state index in [0.29, 0.717) is 5.92 Å². The van der Waals surface area contributed by atoms with Crippen LogP contribution in [0.4, 0.5) is 8.78 Å². The third kappa shape index (κ3) is 4.32. The number of carbonyl (C=O) groups is 1. The standard InChI is InChI=1S/C16H22F2N2O/c1-19-8-6-12(7-9-19)10-20(2)11-15(21)16-13(17)4-3-5-14(16)18/h3-5,12H,6-11H2,1-2H3. The Kier molecular flexibility index (Phi) is 5.42. The van der Waals surface area contributed by atoms with Crippen molar-refractivity contribution in [2.75, 3.05) is 40.3 Å². The van der Waals surface area contributed by atoms with E-state index in [9.17, 15) is 13.6 Å². The highest BCUT2D eigenvalue weighted by atomic mass is 19.1. The zero-order valence-corrected chi connectivity index (χ0v) is 12.6. The maximum Gasteiger partial charge on any atom is 0.182 e. The summed E-state index contributed by atoms with van der Waals surface area (Å²) in [6, 6.07) is 3.50. The molecule has 1 fully saturated rings. The van der Waals surface area contributed by atoms with Gasteiger partial charge in [0.25, 0.3) is 0 Å². The molecule has 0 bridgehead atoms. The Bertz CT molecular complexity index is 479. The molecule has 5 heteroatoms. The topological polar surface area (TPSA) is 23.6 Å². The first-order valence-electron chi connectivity index (χ1n) is 7.31. The molecule has 0 spiro atoms. The van der Waals surface area contributed by atoms with E-state index in [2.05, 4.69) is 11.9 Å². The van der Waals surface area contributed by atoms with Crippen LogP contribution in [0.5, 0.6) is 0 Å². The zero-order valence-electron chi connectivity index (χ0n) is 12.6. The first-order chi connectivity index (χ1) is 9.97. The minimum Gasteiger partial charge on any atom is -0.306 e. The van der Waals surface area contributed by atoms with Crippen molar-refractivity contribution in [1.29, 1.82) is 0 Å². The van der Waals surface area contributed by atoms with E-state index in [1.807, 2.05) is 11.9 Å². The van der Waals surface area contributed by atoms with Gasteiger partial charge in [0.15, 0.2) is 5.78 Å². The number of halogens is 2. The van der Waals surface area contributed by atoms with Crippen LogP contribution in [0.1, 0.15) is 23.2 Å². The van der Waals surface area contributed by atoms with Gasteiger partial charge in [0.05, 0.1) is 12.1 Å². The summed E-state index contributed by atoms with van der Waals surface area (Å²) in [5, 5.41) is 0. The number of hydrogen-bond donors (Lipinski definition) is 0. The van der Waals surface area contributed by atoms with Crippen LogP contribution in [0.15, 0.2) is 18.2 Å². The lowest BCUT2D eigenvalue weighted by molar-refractivity contribution is 0.0916. The van der Waals surface area contributed by atoms with Crippen molar-refractivity contribution in [3.05, 3.63) is 35.4 Å². The number of hydrogen-bond acceptors (Lipinski definition) is 3. The summed E-state index contributed by atoms with van der Waals surface area (Å²) in [5.74, 6) is -1.52. The second-order valence-corrected chi connectivity index (χ2v) is 5.96. The van der Waals surface area contributed by atoms with Crippen molar-refractivity contribution in [2.24, 2.45) is 5.92 Å². The molecule has 0 amide bonds. The molecule has 1 heterocycles. The minimum absolute atomic E-state index is 0.0458. The van der Waals surface area contributed by atoms with E-state index >= 15 is 0 Å². The molecular weight excluding hydrogens is 274 g/mol. The second-order valence-electron chi connectivity index (χ2n) is 5.96. The van der Waals surface area contributed by atoms with Crippen LogP contribution >= 0.6 is 0 Å². The van der Waals surface area contributed by atoms with Gasteiger partial charge in [-0.15, -0.1) is 0 Å². The molecule has 116 valence electrons. The fourth-order valence-electron chi connectivity index (χ4n) is 2.84. The van der Waals surface area contributed by atoms with Gasteiger partial charge in [-0.3, -0.25) is 9.69 Å². The van der Waals surface area contributed by atoms with Crippen molar-refractivity contribution in [2.45, 2.75) is 12.8 Å². The molecule has 21 heavy (non-hydrogen) atoms. The monoisotopic (exact) mass is 296 g/mol. The van der Waals surface area contributed by atoms with Crippen LogP contribution < -0.4 is 0 Å². The van der Waals surface area contributed by atoms with Gasteiger partial charge in [0.2, 0.25) is 0 Å². The molecule has 1 saturated heterocycles. The van der Waals surface area contributed by atoms with Crippen molar-refractivity contribution >= 4 is 5.78 Å². The highest BCUT2D eigenvalue weighted by Crippen LogP contribution is 2.18. The smallest absolute Gasteiger partial charge is 0.182 e. The highest BCUT2D eigenvalue weighted by Gasteiger charge is 2.22. The Morgan fingerprint density at radius 2 is 1.86 bits per heavy atom. The number of likely N-dealkylation sites (tertiary alicyclic amines) is 1. The fourth-order valence-corrected chi connectivity index (χ4v) is 2.84. The van der Waals surface area contributed by atoms with Crippen molar-refractivity contribution in [3.63, 3.8) is 0 Å². The first kappa shape index (κ1) is 16.0. The van der Waals surface area contributed by atoms with Crippen molar-refractivity contribution < 1.29 is 13.6 Å². The molecule has 3 nitrogen and oxygen atoms in total. The largest absolute Gasteiger partial charge is 0.306 e. The molecule has 0 radical (unpaired) electrons. The summed E-state index contributed by atoms with van der Waals surface area (Å²) in [6.07, 6.45) is 2.20. The molecule has 0 N–H and O–H groups in total. The van der Waals surface area contributed by atoms with Crippen LogP contribution in [-0.4, -0.2) is 55.9 Å². The van der Waals surface area contributed by atoms with Crippen LogP contribution in [0, 0.1) is 17.6 Å². The Morgan fingerprint density at radius 3 is 2.43 bits per heavy atom. The number of carbonyl (C=O) groups excluding carboxylic acids is 1. The Balaban J connectivity index is 1.90. The van der Waals surface area contributed by atoms with E-state index < -0.39 is 23.0 Å². The number of benzene rings is 1. The molecule has 1 aliphatic rings. The van der Waals surface area contributed by atoms with Crippen LogP contribution in [0.3, 0.4) is 0 Å². The number of nitrogens with zero attached hydrogens (tertiary/aromatic N) is 2. The average molecular weight is 296 g/mol. The number of rotatable bonds is 5. The summed E-state index contributed by atoms with van der Waals surface area (Å²) < 4.78 is 27.1. The van der Waals surface area contributed by atoms with Crippen LogP contribution in [-0.2, 0) is 0 Å². The number of likely N-dealkylation sites (N-methyl/N-ethyl adjacent to an activating group) is 1. The lowest BCUT2D eigenvalue weighted by Gasteiger charge is -2.31. The van der Waals surface area contributed by atoms with Crippen LogP contribution in [0.25, 0.3) is 0 Å². The van der Waals surface area contributed by atoms with E-state index in [1.165, 1.54) is 6.07 Å². The molecule has 0 unspecified atom stereocenters. The molecule has 1 aliphatic heterocycles. The summed E-state index contributed by atoms with van der Waals surface area (Å²) in [7, 11) is 3.93. The maximum atomic E-state index is 13.6. The van der Waals surface area contributed by atoms with Gasteiger partial charge in [0.1, 0.15) is 11.6 Å². The van der Waals surface area contributed by atoms with Crippen molar-refractivity contribution in [1.82, 2.24) is 9.80 Å². The number of ketones is 1. The fraction of sp³-hybridized carbons (Fsp3) is 0.562. The average Bonchev–Trinajstić information content (AvgIpc) is 2.41. The Labute approximate surface area is 124 Å². The van der Waals surface area contributed by atoms with Gasteiger partial charge in [-0.2, -0.15) is 0 Å². The summed E-state index contributed by atoms with van der Waals surface area (Å²) in [6.45, 7) is 2.96. The minimum atomic E-state index is -0.785. The van der Waals surface area contributed by atoms with E-state index in [1.54, 1.807) is 0 Å².